The monoisotopic (exact) mass is 379 g/mol. The maximum absolute atomic E-state index is 12.7. The second-order valence-corrected chi connectivity index (χ2v) is 7.13. The van der Waals surface area contributed by atoms with Crippen molar-refractivity contribution in [3.05, 3.63) is 65.8 Å². The summed E-state index contributed by atoms with van der Waals surface area (Å²) in [6.07, 6.45) is 5.54. The van der Waals surface area contributed by atoms with Crippen LogP contribution in [0.5, 0.6) is 0 Å². The number of piperidine rings is 1. The topological polar surface area (TPSA) is 76.2 Å². The molecular formula is C21H25N5O2. The Morgan fingerprint density at radius 3 is 2.89 bits per heavy atom. The molecule has 7 nitrogen and oxygen atoms in total. The first-order chi connectivity index (χ1) is 13.7. The lowest BCUT2D eigenvalue weighted by atomic mass is 9.92. The molecule has 1 aliphatic heterocycles. The van der Waals surface area contributed by atoms with Gasteiger partial charge in [0.05, 0.1) is 22.6 Å². The first kappa shape index (κ1) is 18.4. The predicted molar refractivity (Wildman–Crippen MR) is 105 cm³/mol. The summed E-state index contributed by atoms with van der Waals surface area (Å²) in [5.74, 6) is 0.150. The van der Waals surface area contributed by atoms with E-state index < -0.39 is 0 Å². The van der Waals surface area contributed by atoms with E-state index in [1.165, 1.54) is 0 Å². The number of likely N-dealkylation sites (tertiary alicyclic amines) is 1. The van der Waals surface area contributed by atoms with Crippen LogP contribution in [0.25, 0.3) is 5.69 Å². The lowest BCUT2D eigenvalue weighted by Crippen LogP contribution is -2.35. The van der Waals surface area contributed by atoms with Crippen LogP contribution in [0.3, 0.4) is 0 Å². The third-order valence-electron chi connectivity index (χ3n) is 5.11. The van der Waals surface area contributed by atoms with Crippen LogP contribution in [0.4, 0.5) is 0 Å². The molecule has 0 radical (unpaired) electrons. The van der Waals surface area contributed by atoms with Gasteiger partial charge in [-0.25, -0.2) is 4.68 Å². The van der Waals surface area contributed by atoms with E-state index in [0.29, 0.717) is 12.1 Å². The number of amides is 1. The zero-order valence-electron chi connectivity index (χ0n) is 16.0. The number of nitrogens with one attached hydrogen (secondary N) is 1. The third-order valence-corrected chi connectivity index (χ3v) is 5.11. The highest BCUT2D eigenvalue weighted by atomic mass is 16.5. The molecule has 4 rings (SSSR count). The zero-order valence-corrected chi connectivity index (χ0v) is 16.0. The number of benzene rings is 1. The second-order valence-electron chi connectivity index (χ2n) is 7.13. The molecular weight excluding hydrogens is 354 g/mol. The van der Waals surface area contributed by atoms with E-state index in [1.54, 1.807) is 6.26 Å². The Morgan fingerprint density at radius 1 is 1.29 bits per heavy atom. The predicted octanol–water partition coefficient (Wildman–Crippen LogP) is 2.99. The fourth-order valence-electron chi connectivity index (χ4n) is 3.80. The molecule has 1 aliphatic rings. The minimum absolute atomic E-state index is 0.0618. The van der Waals surface area contributed by atoms with Gasteiger partial charge in [0.1, 0.15) is 6.26 Å². The Kier molecular flexibility index (Phi) is 5.53. The molecule has 1 amide bonds. The van der Waals surface area contributed by atoms with Gasteiger partial charge >= 0.3 is 0 Å². The summed E-state index contributed by atoms with van der Waals surface area (Å²) < 4.78 is 6.77. The van der Waals surface area contributed by atoms with Crippen LogP contribution in [-0.4, -0.2) is 45.4 Å². The van der Waals surface area contributed by atoms with Crippen LogP contribution in [0.1, 0.15) is 47.4 Å². The quantitative estimate of drug-likeness (QED) is 0.713. The first-order valence-electron chi connectivity index (χ1n) is 9.79. The van der Waals surface area contributed by atoms with E-state index in [1.807, 2.05) is 54.2 Å². The van der Waals surface area contributed by atoms with Crippen molar-refractivity contribution >= 4 is 5.91 Å². The van der Waals surface area contributed by atoms with Gasteiger partial charge in [-0.1, -0.05) is 23.4 Å². The van der Waals surface area contributed by atoms with Gasteiger partial charge in [0.2, 0.25) is 0 Å². The van der Waals surface area contributed by atoms with Gasteiger partial charge in [0.25, 0.3) is 5.91 Å². The molecule has 0 unspecified atom stereocenters. The third kappa shape index (κ3) is 3.99. The van der Waals surface area contributed by atoms with Gasteiger partial charge in [0.15, 0.2) is 0 Å². The van der Waals surface area contributed by atoms with Crippen molar-refractivity contribution in [2.75, 3.05) is 19.6 Å². The molecule has 0 spiro atoms. The summed E-state index contributed by atoms with van der Waals surface area (Å²) in [6.45, 7) is 5.14. The summed E-state index contributed by atoms with van der Waals surface area (Å²) in [7, 11) is 0. The van der Waals surface area contributed by atoms with Crippen molar-refractivity contribution in [3.63, 3.8) is 0 Å². The normalized spacial score (nSPS) is 17.5. The van der Waals surface area contributed by atoms with Crippen molar-refractivity contribution in [3.8, 4) is 5.69 Å². The lowest BCUT2D eigenvalue weighted by molar-refractivity contribution is 0.0953. The summed E-state index contributed by atoms with van der Waals surface area (Å²) in [5.41, 5.74) is 3.42. The molecule has 146 valence electrons. The SMILES string of the molecule is CCNC(=O)c1cn(-c2ccccc2)nc1[C@H]1CCCN(Cc2ccon2)C1. The lowest BCUT2D eigenvalue weighted by Gasteiger charge is -2.31. The van der Waals surface area contributed by atoms with Gasteiger partial charge in [-0.2, -0.15) is 5.10 Å². The van der Waals surface area contributed by atoms with Crippen LogP contribution in [0.15, 0.2) is 53.4 Å². The van der Waals surface area contributed by atoms with E-state index in [4.69, 9.17) is 9.62 Å². The van der Waals surface area contributed by atoms with E-state index in [9.17, 15) is 4.79 Å². The molecule has 7 heteroatoms. The number of rotatable bonds is 6. The van der Waals surface area contributed by atoms with Crippen molar-refractivity contribution < 1.29 is 9.32 Å². The molecule has 28 heavy (non-hydrogen) atoms. The molecule has 0 saturated carbocycles. The fraction of sp³-hybridized carbons (Fsp3) is 0.381. The van der Waals surface area contributed by atoms with Crippen LogP contribution in [-0.2, 0) is 6.54 Å². The largest absolute Gasteiger partial charge is 0.364 e. The standard InChI is InChI=1S/C21H25N5O2/c1-2-22-21(27)19-15-26(18-8-4-3-5-9-18)23-20(19)16-7-6-11-25(13-16)14-17-10-12-28-24-17/h3-5,8-10,12,15-16H,2,6-7,11,13-14H2,1H3,(H,22,27)/t16-/m0/s1. The van der Waals surface area contributed by atoms with Crippen molar-refractivity contribution in [2.24, 2.45) is 0 Å². The van der Waals surface area contributed by atoms with Crippen molar-refractivity contribution in [2.45, 2.75) is 32.2 Å². The summed E-state index contributed by atoms with van der Waals surface area (Å²) in [4.78, 5) is 15.0. The molecule has 0 bridgehead atoms. The van der Waals surface area contributed by atoms with Crippen molar-refractivity contribution in [1.29, 1.82) is 0 Å². The molecule has 1 aromatic carbocycles. The first-order valence-corrected chi connectivity index (χ1v) is 9.79. The minimum Gasteiger partial charge on any atom is -0.364 e. The Labute approximate surface area is 164 Å². The fourth-order valence-corrected chi connectivity index (χ4v) is 3.80. The molecule has 1 saturated heterocycles. The molecule has 1 N–H and O–H groups in total. The average Bonchev–Trinajstić information content (AvgIpc) is 3.39. The summed E-state index contributed by atoms with van der Waals surface area (Å²) in [5, 5.41) is 11.8. The van der Waals surface area contributed by atoms with Crippen LogP contribution in [0.2, 0.25) is 0 Å². The molecule has 0 aliphatic carbocycles. The average molecular weight is 379 g/mol. The summed E-state index contributed by atoms with van der Waals surface area (Å²) in [6, 6.07) is 11.8. The van der Waals surface area contributed by atoms with E-state index >= 15 is 0 Å². The number of hydrogen-bond acceptors (Lipinski definition) is 5. The number of hydrogen-bond donors (Lipinski definition) is 1. The Bertz CT molecular complexity index is 904. The molecule has 3 aromatic rings. The van der Waals surface area contributed by atoms with E-state index in [2.05, 4.69) is 15.4 Å². The molecule has 2 aromatic heterocycles. The van der Waals surface area contributed by atoms with E-state index in [-0.39, 0.29) is 11.8 Å². The van der Waals surface area contributed by atoms with Crippen LogP contribution < -0.4 is 5.32 Å². The Balaban J connectivity index is 1.61. The van der Waals surface area contributed by atoms with Gasteiger partial charge < -0.3 is 9.84 Å². The Hall–Kier alpha value is -2.93. The number of carbonyl (C=O) groups is 1. The van der Waals surface area contributed by atoms with Gasteiger partial charge in [-0.15, -0.1) is 0 Å². The van der Waals surface area contributed by atoms with Gasteiger partial charge in [-0.3, -0.25) is 9.69 Å². The van der Waals surface area contributed by atoms with Gasteiger partial charge in [0, 0.05) is 37.8 Å². The number of para-hydroxylation sites is 1. The van der Waals surface area contributed by atoms with Crippen molar-refractivity contribution in [1.82, 2.24) is 25.2 Å². The smallest absolute Gasteiger partial charge is 0.254 e. The number of aromatic nitrogens is 3. The molecule has 1 atom stereocenters. The van der Waals surface area contributed by atoms with E-state index in [0.717, 1.165) is 49.6 Å². The van der Waals surface area contributed by atoms with Gasteiger partial charge in [-0.05, 0) is 38.4 Å². The maximum Gasteiger partial charge on any atom is 0.254 e. The van der Waals surface area contributed by atoms with Crippen LogP contribution in [0, 0.1) is 0 Å². The zero-order chi connectivity index (χ0) is 19.3. The Morgan fingerprint density at radius 2 is 2.14 bits per heavy atom. The molecule has 1 fully saturated rings. The number of carbonyl (C=O) groups excluding carboxylic acids is 1. The maximum atomic E-state index is 12.7. The highest BCUT2D eigenvalue weighted by Gasteiger charge is 2.28. The summed E-state index contributed by atoms with van der Waals surface area (Å²) >= 11 is 0. The second kappa shape index (κ2) is 8.39. The highest BCUT2D eigenvalue weighted by molar-refractivity contribution is 5.95. The number of nitrogens with zero attached hydrogens (tertiary/aromatic N) is 4. The minimum atomic E-state index is -0.0618. The van der Waals surface area contributed by atoms with Crippen LogP contribution >= 0.6 is 0 Å². The molecule has 3 heterocycles. The highest BCUT2D eigenvalue weighted by Crippen LogP contribution is 2.29.